The smallest absolute Gasteiger partial charge is 0.325 e. The fourth-order valence-corrected chi connectivity index (χ4v) is 7.31. The fraction of sp³-hybridized carbons (Fsp3) is 0.160. The number of hydrogen-bond acceptors (Lipinski definition) is 7. The molecule has 0 spiro atoms. The van der Waals surface area contributed by atoms with Crippen molar-refractivity contribution in [1.29, 1.82) is 0 Å². The van der Waals surface area contributed by atoms with Crippen LogP contribution in [0.25, 0.3) is 11.1 Å². The largest absolute Gasteiger partial charge is 0.468 e. The number of rotatable bonds is 5. The SMILES string of the molecule is COC(=O)Cn1c(=Cc2scc[n+]2Cc2ccccc2)sc(=C2Sc3cc(Cl)ccc3N2C)c1=O. The zero-order chi connectivity index (χ0) is 24.5. The predicted octanol–water partition coefficient (Wildman–Crippen LogP) is 3.27. The molecule has 0 saturated heterocycles. The van der Waals surface area contributed by atoms with E-state index in [1.165, 1.54) is 40.3 Å². The van der Waals surface area contributed by atoms with E-state index in [9.17, 15) is 9.59 Å². The Kier molecular flexibility index (Phi) is 6.84. The summed E-state index contributed by atoms with van der Waals surface area (Å²) in [7, 11) is 3.26. The van der Waals surface area contributed by atoms with Crippen LogP contribution < -0.4 is 24.2 Å². The van der Waals surface area contributed by atoms with Crippen LogP contribution in [0, 0.1) is 0 Å². The molecular weight excluding hydrogens is 522 g/mol. The van der Waals surface area contributed by atoms with Crippen molar-refractivity contribution in [3.8, 4) is 0 Å². The number of carbonyl (C=O) groups is 1. The lowest BCUT2D eigenvalue weighted by Crippen LogP contribution is -2.37. The first-order chi connectivity index (χ1) is 16.9. The number of benzene rings is 2. The number of thioether (sulfide) groups is 1. The van der Waals surface area contributed by atoms with E-state index in [0.717, 1.165) is 20.6 Å². The minimum Gasteiger partial charge on any atom is -0.468 e. The lowest BCUT2D eigenvalue weighted by molar-refractivity contribution is -0.685. The summed E-state index contributed by atoms with van der Waals surface area (Å²) in [6, 6.07) is 15.9. The number of fused-ring (bicyclic) bond motifs is 1. The summed E-state index contributed by atoms with van der Waals surface area (Å²) in [6.07, 6.45) is 3.99. The van der Waals surface area contributed by atoms with Gasteiger partial charge in [0.2, 0.25) is 0 Å². The highest BCUT2D eigenvalue weighted by atomic mass is 35.5. The fourth-order valence-electron chi connectivity index (χ4n) is 3.79. The van der Waals surface area contributed by atoms with Crippen molar-refractivity contribution in [2.75, 3.05) is 19.1 Å². The maximum atomic E-state index is 13.6. The molecule has 3 heterocycles. The molecule has 0 aliphatic carbocycles. The van der Waals surface area contributed by atoms with Crippen LogP contribution in [0.3, 0.4) is 0 Å². The van der Waals surface area contributed by atoms with Gasteiger partial charge in [0.25, 0.3) is 10.6 Å². The van der Waals surface area contributed by atoms with E-state index in [1.54, 1.807) is 11.3 Å². The van der Waals surface area contributed by atoms with Crippen molar-refractivity contribution >= 4 is 68.8 Å². The molecule has 0 saturated carbocycles. The number of nitrogens with zero attached hydrogens (tertiary/aromatic N) is 3. The van der Waals surface area contributed by atoms with Crippen LogP contribution in [0.1, 0.15) is 10.6 Å². The second kappa shape index (κ2) is 10.0. The number of ether oxygens (including phenoxy) is 1. The Morgan fingerprint density at radius 3 is 2.77 bits per heavy atom. The molecule has 2 aromatic heterocycles. The molecule has 0 bridgehead atoms. The van der Waals surface area contributed by atoms with Gasteiger partial charge in [0.15, 0.2) is 12.7 Å². The second-order valence-electron chi connectivity index (χ2n) is 7.81. The van der Waals surface area contributed by atoms with Gasteiger partial charge in [-0.25, -0.2) is 0 Å². The molecule has 2 aromatic carbocycles. The van der Waals surface area contributed by atoms with Gasteiger partial charge in [0, 0.05) is 22.5 Å². The summed E-state index contributed by atoms with van der Waals surface area (Å²) in [5, 5.41) is 4.46. The van der Waals surface area contributed by atoms with Gasteiger partial charge < -0.3 is 9.64 Å². The number of esters is 1. The van der Waals surface area contributed by atoms with Crippen molar-refractivity contribution in [3.63, 3.8) is 0 Å². The molecule has 0 fully saturated rings. The molecule has 0 radical (unpaired) electrons. The molecule has 0 atom stereocenters. The van der Waals surface area contributed by atoms with Crippen LogP contribution in [-0.2, 0) is 22.6 Å². The molecule has 1 aliphatic rings. The van der Waals surface area contributed by atoms with Gasteiger partial charge in [-0.1, -0.05) is 65.0 Å². The Morgan fingerprint density at radius 2 is 2.00 bits per heavy atom. The topological polar surface area (TPSA) is 55.4 Å². The number of anilines is 1. The van der Waals surface area contributed by atoms with Crippen molar-refractivity contribution in [1.82, 2.24) is 4.57 Å². The number of aromatic nitrogens is 2. The number of carbonyl (C=O) groups excluding carboxylic acids is 1. The van der Waals surface area contributed by atoms with E-state index in [1.807, 2.05) is 66.0 Å². The highest BCUT2D eigenvalue weighted by molar-refractivity contribution is 8.08. The van der Waals surface area contributed by atoms with E-state index >= 15 is 0 Å². The van der Waals surface area contributed by atoms with Crippen LogP contribution in [-0.4, -0.2) is 24.7 Å². The Labute approximate surface area is 219 Å². The molecule has 10 heteroatoms. The van der Waals surface area contributed by atoms with Crippen LogP contribution in [0.5, 0.6) is 0 Å². The van der Waals surface area contributed by atoms with E-state index in [-0.39, 0.29) is 12.1 Å². The Hall–Kier alpha value is -2.85. The average molecular weight is 543 g/mol. The quantitative estimate of drug-likeness (QED) is 0.286. The highest BCUT2D eigenvalue weighted by Crippen LogP contribution is 2.46. The molecule has 0 unspecified atom stereocenters. The Morgan fingerprint density at radius 1 is 1.20 bits per heavy atom. The second-order valence-corrected chi connectivity index (χ2v) is 11.2. The average Bonchev–Trinajstić information content (AvgIpc) is 3.51. The van der Waals surface area contributed by atoms with Gasteiger partial charge in [0.05, 0.1) is 24.3 Å². The lowest BCUT2D eigenvalue weighted by Gasteiger charge is -2.12. The number of halogens is 1. The van der Waals surface area contributed by atoms with Crippen molar-refractivity contribution < 1.29 is 14.1 Å². The van der Waals surface area contributed by atoms with Gasteiger partial charge in [-0.05, 0) is 18.2 Å². The molecule has 0 amide bonds. The van der Waals surface area contributed by atoms with Gasteiger partial charge in [0.1, 0.15) is 20.8 Å². The lowest BCUT2D eigenvalue weighted by atomic mass is 10.2. The highest BCUT2D eigenvalue weighted by Gasteiger charge is 2.25. The molecule has 5 rings (SSSR count). The molecule has 6 nitrogen and oxygen atoms in total. The third-order valence-electron chi connectivity index (χ3n) is 5.57. The molecule has 35 heavy (non-hydrogen) atoms. The normalized spacial score (nSPS) is 14.9. The first-order valence-electron chi connectivity index (χ1n) is 10.7. The standard InChI is InChI=1S/C25H21ClN3O3S3/c1-27-18-9-8-17(26)12-19(18)34-25(27)23-24(31)29(15-22(30)32-2)21(35-23)13-20-28(10-11-33-20)14-16-6-4-3-5-7-16/h3-13H,14-15H2,1-2H3/q+1. The zero-order valence-electron chi connectivity index (χ0n) is 18.9. The minimum absolute atomic E-state index is 0.151. The molecule has 1 aliphatic heterocycles. The summed E-state index contributed by atoms with van der Waals surface area (Å²) < 4.78 is 9.77. The van der Waals surface area contributed by atoms with Gasteiger partial charge in [-0.15, -0.1) is 11.3 Å². The Balaban J connectivity index is 1.64. The van der Waals surface area contributed by atoms with E-state index in [0.29, 0.717) is 20.8 Å². The van der Waals surface area contributed by atoms with E-state index < -0.39 is 5.97 Å². The maximum Gasteiger partial charge on any atom is 0.325 e. The summed E-state index contributed by atoms with van der Waals surface area (Å²) >= 11 is 10.7. The monoisotopic (exact) mass is 542 g/mol. The zero-order valence-corrected chi connectivity index (χ0v) is 22.1. The molecule has 178 valence electrons. The van der Waals surface area contributed by atoms with Crippen LogP contribution >= 0.6 is 46.0 Å². The van der Waals surface area contributed by atoms with E-state index in [2.05, 4.69) is 16.7 Å². The van der Waals surface area contributed by atoms with Crippen molar-refractivity contribution in [2.45, 2.75) is 18.0 Å². The summed E-state index contributed by atoms with van der Waals surface area (Å²) in [4.78, 5) is 28.7. The van der Waals surface area contributed by atoms with Crippen molar-refractivity contribution in [2.24, 2.45) is 0 Å². The molecule has 4 aromatic rings. The summed E-state index contributed by atoms with van der Waals surface area (Å²) in [5.74, 6) is -0.470. The number of methoxy groups -OCH3 is 1. The molecule has 0 N–H and O–H groups in total. The van der Waals surface area contributed by atoms with Crippen LogP contribution in [0.2, 0.25) is 5.02 Å². The number of hydrogen-bond donors (Lipinski definition) is 0. The molecular formula is C25H21ClN3O3S3+. The van der Waals surface area contributed by atoms with E-state index in [4.69, 9.17) is 16.3 Å². The summed E-state index contributed by atoms with van der Waals surface area (Å²) in [6.45, 7) is 0.559. The third-order valence-corrected chi connectivity index (χ3v) is 9.12. The third kappa shape index (κ3) is 4.81. The first-order valence-corrected chi connectivity index (χ1v) is 13.6. The van der Waals surface area contributed by atoms with Crippen molar-refractivity contribution in [3.05, 3.63) is 95.3 Å². The van der Waals surface area contributed by atoms with Gasteiger partial charge in [-0.2, -0.15) is 4.57 Å². The van der Waals surface area contributed by atoms with Crippen LogP contribution in [0.4, 0.5) is 5.69 Å². The van der Waals surface area contributed by atoms with Gasteiger partial charge in [-0.3, -0.25) is 14.2 Å². The first kappa shape index (κ1) is 23.9. The maximum absolute atomic E-state index is 13.6. The van der Waals surface area contributed by atoms with Crippen LogP contribution in [0.15, 0.2) is 69.8 Å². The predicted molar refractivity (Wildman–Crippen MR) is 143 cm³/mol. The summed E-state index contributed by atoms with van der Waals surface area (Å²) in [5.41, 5.74) is 1.96. The van der Waals surface area contributed by atoms with Gasteiger partial charge >= 0.3 is 5.97 Å². The number of thiazole rings is 2. The minimum atomic E-state index is -0.470. The Bertz CT molecular complexity index is 1590.